The van der Waals surface area contributed by atoms with Crippen LogP contribution in [-0.2, 0) is 6.54 Å². The molecule has 0 aromatic carbocycles. The van der Waals surface area contributed by atoms with Crippen LogP contribution in [0.1, 0.15) is 17.0 Å². The lowest BCUT2D eigenvalue weighted by molar-refractivity contribution is 0.211. The maximum absolute atomic E-state index is 10.5. The smallest absolute Gasteiger partial charge is 0.407 e. The van der Waals surface area contributed by atoms with Crippen LogP contribution in [0.4, 0.5) is 4.79 Å². The molecule has 0 bridgehead atoms. The van der Waals surface area contributed by atoms with E-state index in [9.17, 15) is 4.79 Å². The second-order valence-electron chi connectivity index (χ2n) is 3.60. The van der Waals surface area contributed by atoms with Crippen LogP contribution < -0.4 is 10.5 Å². The first-order valence-corrected chi connectivity index (χ1v) is 4.97. The summed E-state index contributed by atoms with van der Waals surface area (Å²) in [5.41, 5.74) is 6.67. The Hall–Kier alpha value is -2.31. The van der Waals surface area contributed by atoms with E-state index in [1.807, 2.05) is 13.8 Å². The normalized spacial score (nSPS) is 10.5. The third-order valence-electron chi connectivity index (χ3n) is 2.33. The van der Waals surface area contributed by atoms with E-state index in [2.05, 4.69) is 10.3 Å². The molecule has 0 atom stereocenters. The van der Waals surface area contributed by atoms with Gasteiger partial charge in [-0.25, -0.2) is 4.79 Å². The first-order valence-electron chi connectivity index (χ1n) is 4.97. The number of hydrogen-bond acceptors (Lipinski definition) is 5. The molecule has 1 amide bonds. The number of primary amides is 1. The van der Waals surface area contributed by atoms with Gasteiger partial charge in [-0.2, -0.15) is 5.10 Å². The quantitative estimate of drug-likeness (QED) is 0.857. The van der Waals surface area contributed by atoms with Gasteiger partial charge in [0, 0.05) is 5.56 Å². The number of nitrogens with zero attached hydrogens (tertiary/aromatic N) is 3. The van der Waals surface area contributed by atoms with E-state index in [1.165, 1.54) is 6.20 Å². The molecule has 0 saturated heterocycles. The molecule has 0 radical (unpaired) electrons. The standard InChI is InChI=1S/C10H12N4O3/c1-6-9(7(2)17-13-6)5-14-4-8(3-12-14)16-10(11)15/h3-4H,5H2,1-2H3,(H2,11,15). The molecule has 2 heterocycles. The van der Waals surface area contributed by atoms with E-state index < -0.39 is 6.09 Å². The fourth-order valence-corrected chi connectivity index (χ4v) is 1.49. The van der Waals surface area contributed by atoms with Crippen molar-refractivity contribution in [3.05, 3.63) is 29.4 Å². The molecule has 0 aliphatic carbocycles. The van der Waals surface area contributed by atoms with Crippen LogP contribution >= 0.6 is 0 Å². The van der Waals surface area contributed by atoms with Crippen LogP contribution in [0.3, 0.4) is 0 Å². The summed E-state index contributed by atoms with van der Waals surface area (Å²) >= 11 is 0. The van der Waals surface area contributed by atoms with E-state index in [0.29, 0.717) is 12.3 Å². The molecule has 0 fully saturated rings. The van der Waals surface area contributed by atoms with Crippen LogP contribution in [0.2, 0.25) is 0 Å². The summed E-state index contributed by atoms with van der Waals surface area (Å²) in [5.74, 6) is 1.06. The Morgan fingerprint density at radius 2 is 2.35 bits per heavy atom. The van der Waals surface area contributed by atoms with Crippen molar-refractivity contribution in [1.29, 1.82) is 0 Å². The number of rotatable bonds is 3. The highest BCUT2D eigenvalue weighted by atomic mass is 16.5. The summed E-state index contributed by atoms with van der Waals surface area (Å²) in [6.45, 7) is 4.19. The average Bonchev–Trinajstić information content (AvgIpc) is 2.79. The summed E-state index contributed by atoms with van der Waals surface area (Å²) in [5, 5.41) is 7.89. The van der Waals surface area contributed by atoms with Crippen LogP contribution in [0, 0.1) is 13.8 Å². The molecule has 0 saturated carbocycles. The highest BCUT2D eigenvalue weighted by Crippen LogP contribution is 2.15. The van der Waals surface area contributed by atoms with Gasteiger partial charge in [0.1, 0.15) is 5.76 Å². The van der Waals surface area contributed by atoms with E-state index in [4.69, 9.17) is 15.0 Å². The molecule has 0 spiro atoms. The average molecular weight is 236 g/mol. The predicted molar refractivity (Wildman–Crippen MR) is 57.5 cm³/mol. The molecule has 7 nitrogen and oxygen atoms in total. The molecule has 2 aromatic rings. The number of ether oxygens (including phenoxy) is 1. The Morgan fingerprint density at radius 1 is 1.59 bits per heavy atom. The van der Waals surface area contributed by atoms with Gasteiger partial charge in [-0.15, -0.1) is 0 Å². The Balaban J connectivity index is 2.14. The summed E-state index contributed by atoms with van der Waals surface area (Å²) in [4.78, 5) is 10.5. The Labute approximate surface area is 97.1 Å². The van der Waals surface area contributed by atoms with Crippen molar-refractivity contribution < 1.29 is 14.1 Å². The van der Waals surface area contributed by atoms with Crippen molar-refractivity contribution in [1.82, 2.24) is 14.9 Å². The molecular formula is C10H12N4O3. The minimum absolute atomic E-state index is 0.310. The molecule has 17 heavy (non-hydrogen) atoms. The first-order chi connectivity index (χ1) is 8.06. The molecule has 2 aromatic heterocycles. The van der Waals surface area contributed by atoms with Crippen molar-refractivity contribution in [2.45, 2.75) is 20.4 Å². The molecule has 90 valence electrons. The number of aryl methyl sites for hydroxylation is 2. The van der Waals surface area contributed by atoms with E-state index >= 15 is 0 Å². The third kappa shape index (κ3) is 2.44. The lowest BCUT2D eigenvalue weighted by Gasteiger charge is -1.99. The van der Waals surface area contributed by atoms with E-state index in [1.54, 1.807) is 10.9 Å². The maximum atomic E-state index is 10.5. The second-order valence-corrected chi connectivity index (χ2v) is 3.60. The number of amides is 1. The predicted octanol–water partition coefficient (Wildman–Crippen LogP) is 0.994. The number of nitrogens with two attached hydrogens (primary N) is 1. The minimum atomic E-state index is -0.859. The molecule has 0 unspecified atom stereocenters. The number of carbonyl (C=O) groups is 1. The third-order valence-corrected chi connectivity index (χ3v) is 2.33. The lowest BCUT2D eigenvalue weighted by atomic mass is 10.2. The molecule has 2 rings (SSSR count). The summed E-state index contributed by atoms with van der Waals surface area (Å²) in [6, 6.07) is 0. The Morgan fingerprint density at radius 3 is 2.94 bits per heavy atom. The lowest BCUT2D eigenvalue weighted by Crippen LogP contribution is -2.15. The summed E-state index contributed by atoms with van der Waals surface area (Å²) < 4.78 is 11.3. The van der Waals surface area contributed by atoms with Gasteiger partial charge in [-0.3, -0.25) is 4.68 Å². The SMILES string of the molecule is Cc1noc(C)c1Cn1cc(OC(N)=O)cn1. The molecular weight excluding hydrogens is 224 g/mol. The van der Waals surface area contributed by atoms with Gasteiger partial charge in [0.15, 0.2) is 5.75 Å². The fraction of sp³-hybridized carbons (Fsp3) is 0.300. The van der Waals surface area contributed by atoms with Crippen LogP contribution in [0.25, 0.3) is 0 Å². The van der Waals surface area contributed by atoms with Gasteiger partial charge in [0.2, 0.25) is 0 Å². The van der Waals surface area contributed by atoms with Gasteiger partial charge in [-0.05, 0) is 13.8 Å². The van der Waals surface area contributed by atoms with Gasteiger partial charge < -0.3 is 15.0 Å². The molecule has 0 aliphatic heterocycles. The van der Waals surface area contributed by atoms with E-state index in [-0.39, 0.29) is 0 Å². The van der Waals surface area contributed by atoms with Gasteiger partial charge in [-0.1, -0.05) is 5.16 Å². The Kier molecular flexibility index (Phi) is 2.82. The molecule has 7 heteroatoms. The van der Waals surface area contributed by atoms with Crippen molar-refractivity contribution in [2.24, 2.45) is 5.73 Å². The van der Waals surface area contributed by atoms with Gasteiger partial charge in [0.25, 0.3) is 0 Å². The highest BCUT2D eigenvalue weighted by Gasteiger charge is 2.10. The van der Waals surface area contributed by atoms with Crippen molar-refractivity contribution in [3.8, 4) is 5.75 Å². The van der Waals surface area contributed by atoms with Crippen LogP contribution in [0.15, 0.2) is 16.9 Å². The van der Waals surface area contributed by atoms with Crippen LogP contribution in [-0.4, -0.2) is 21.0 Å². The van der Waals surface area contributed by atoms with Crippen molar-refractivity contribution >= 4 is 6.09 Å². The zero-order valence-corrected chi connectivity index (χ0v) is 9.51. The second kappa shape index (κ2) is 4.28. The van der Waals surface area contributed by atoms with Gasteiger partial charge >= 0.3 is 6.09 Å². The van der Waals surface area contributed by atoms with Crippen molar-refractivity contribution in [3.63, 3.8) is 0 Å². The number of hydrogen-bond donors (Lipinski definition) is 1. The minimum Gasteiger partial charge on any atom is -0.407 e. The maximum Gasteiger partial charge on any atom is 0.410 e. The fourth-order valence-electron chi connectivity index (χ4n) is 1.49. The Bertz CT molecular complexity index is 524. The molecule has 2 N–H and O–H groups in total. The number of carbonyl (C=O) groups excluding carboxylic acids is 1. The topological polar surface area (TPSA) is 96.2 Å². The zero-order valence-electron chi connectivity index (χ0n) is 9.51. The van der Waals surface area contributed by atoms with E-state index in [0.717, 1.165) is 17.0 Å². The summed E-state index contributed by atoms with van der Waals surface area (Å²) in [7, 11) is 0. The largest absolute Gasteiger partial charge is 0.410 e. The molecule has 0 aliphatic rings. The zero-order chi connectivity index (χ0) is 12.4. The monoisotopic (exact) mass is 236 g/mol. The van der Waals surface area contributed by atoms with Crippen molar-refractivity contribution in [2.75, 3.05) is 0 Å². The van der Waals surface area contributed by atoms with Gasteiger partial charge in [0.05, 0.1) is 24.6 Å². The highest BCUT2D eigenvalue weighted by molar-refractivity contribution is 5.67. The van der Waals surface area contributed by atoms with Crippen LogP contribution in [0.5, 0.6) is 5.75 Å². The number of aromatic nitrogens is 3. The first kappa shape index (κ1) is 11.2. The summed E-state index contributed by atoms with van der Waals surface area (Å²) in [6.07, 6.45) is 2.14.